The van der Waals surface area contributed by atoms with Crippen LogP contribution in [0, 0.1) is 15.5 Å². The van der Waals surface area contributed by atoms with Crippen molar-refractivity contribution in [2.75, 3.05) is 35.6 Å². The number of sulfonamides is 1. The molecule has 1 fully saturated rings. The van der Waals surface area contributed by atoms with Crippen molar-refractivity contribution in [3.05, 3.63) is 88.5 Å². The van der Waals surface area contributed by atoms with E-state index in [-0.39, 0.29) is 22.1 Å². The van der Waals surface area contributed by atoms with Gasteiger partial charge in [-0.05, 0) is 66.8 Å². The van der Waals surface area contributed by atoms with Crippen LogP contribution in [-0.2, 0) is 10.0 Å². The summed E-state index contributed by atoms with van der Waals surface area (Å²) in [6.45, 7) is 6.93. The zero-order chi connectivity index (χ0) is 28.0. The van der Waals surface area contributed by atoms with Crippen molar-refractivity contribution in [3.8, 4) is 0 Å². The lowest BCUT2D eigenvalue weighted by molar-refractivity contribution is -0.384. The maximum atomic E-state index is 13.0. The number of benzene rings is 3. The number of amidine groups is 1. The monoisotopic (exact) mass is 567 g/mol. The van der Waals surface area contributed by atoms with Gasteiger partial charge in [0.2, 0.25) is 0 Å². The molecule has 39 heavy (non-hydrogen) atoms. The van der Waals surface area contributed by atoms with Crippen molar-refractivity contribution in [2.45, 2.75) is 36.5 Å². The minimum absolute atomic E-state index is 0.177. The van der Waals surface area contributed by atoms with E-state index in [9.17, 15) is 18.5 Å². The van der Waals surface area contributed by atoms with Crippen LogP contribution in [0.25, 0.3) is 0 Å². The molecule has 1 aliphatic heterocycles. The number of nitrogens with zero attached hydrogens (tertiary/aromatic N) is 3. The summed E-state index contributed by atoms with van der Waals surface area (Å²) in [5, 5.41) is 14.7. The lowest BCUT2D eigenvalue weighted by Gasteiger charge is -2.38. The molecule has 1 heterocycles. The number of nitrogens with one attached hydrogen (secondary N) is 1. The molecular weight excluding hydrogens is 534 g/mol. The fraction of sp³-hybridized carbons (Fsp3) is 0.321. The van der Waals surface area contributed by atoms with E-state index in [0.717, 1.165) is 42.6 Å². The molecule has 0 atom stereocenters. The number of thioether (sulfide) groups is 1. The average molecular weight is 568 g/mol. The normalized spacial score (nSPS) is 15.6. The third kappa shape index (κ3) is 7.51. The van der Waals surface area contributed by atoms with Gasteiger partial charge in [0.05, 0.1) is 9.82 Å². The van der Waals surface area contributed by atoms with E-state index in [1.54, 1.807) is 23.9 Å². The van der Waals surface area contributed by atoms with E-state index in [2.05, 4.69) is 28.5 Å². The zero-order valence-electron chi connectivity index (χ0n) is 22.0. The number of piperidine rings is 1. The molecule has 0 aromatic heterocycles. The molecule has 3 aromatic rings. The van der Waals surface area contributed by atoms with Crippen molar-refractivity contribution >= 4 is 44.7 Å². The molecule has 1 aliphatic rings. The fourth-order valence-corrected chi connectivity index (χ4v) is 6.05. The summed E-state index contributed by atoms with van der Waals surface area (Å²) in [6.07, 6.45) is 2.20. The van der Waals surface area contributed by atoms with Crippen LogP contribution in [0.3, 0.4) is 0 Å². The number of nitrogens with two attached hydrogens (primary N) is 1. The summed E-state index contributed by atoms with van der Waals surface area (Å²) >= 11 is 1.61. The van der Waals surface area contributed by atoms with Gasteiger partial charge in [0, 0.05) is 47.6 Å². The van der Waals surface area contributed by atoms with E-state index in [4.69, 9.17) is 5.73 Å². The van der Waals surface area contributed by atoms with Crippen LogP contribution in [0.2, 0.25) is 0 Å². The van der Waals surface area contributed by atoms with E-state index >= 15 is 0 Å². The lowest BCUT2D eigenvalue weighted by Crippen LogP contribution is -2.37. The zero-order valence-corrected chi connectivity index (χ0v) is 23.7. The Labute approximate surface area is 233 Å². The number of nitro groups is 1. The van der Waals surface area contributed by atoms with Crippen LogP contribution in [0.4, 0.5) is 17.1 Å². The molecular formula is C28H33N5O4S2. The first kappa shape index (κ1) is 28.4. The van der Waals surface area contributed by atoms with Crippen molar-refractivity contribution in [1.29, 1.82) is 0 Å². The van der Waals surface area contributed by atoms with Gasteiger partial charge in [-0.3, -0.25) is 10.1 Å². The summed E-state index contributed by atoms with van der Waals surface area (Å²) in [5.41, 5.74) is 7.79. The number of rotatable bonds is 10. The second-order valence-electron chi connectivity index (χ2n) is 10.2. The standard InChI is InChI=1S/C28H33N5O4S2/c1-28(2)14-17-32(18-15-28)22-10-8-21(9-11-22)27(29)31-39(36,37)24-12-13-25(26(20-24)33(34)35)30-16-19-38-23-6-4-3-5-7-23/h3-13,20,30H,14-19H2,1-2H3,(H2,29,31). The highest BCUT2D eigenvalue weighted by Gasteiger charge is 2.26. The Kier molecular flexibility index (Phi) is 8.81. The SMILES string of the molecule is CC1(C)CCN(c2ccc(/C(N)=N/S(=O)(=O)c3ccc(NCCSc4ccccc4)c([N+](=O)[O-])c3)cc2)CC1. The number of nitro benzene ring substituents is 1. The van der Waals surface area contributed by atoms with Gasteiger partial charge in [0.25, 0.3) is 15.7 Å². The Hall–Kier alpha value is -3.57. The van der Waals surface area contributed by atoms with Crippen LogP contribution < -0.4 is 16.0 Å². The predicted molar refractivity (Wildman–Crippen MR) is 158 cm³/mol. The van der Waals surface area contributed by atoms with E-state index in [1.807, 2.05) is 42.5 Å². The maximum absolute atomic E-state index is 13.0. The molecule has 3 N–H and O–H groups in total. The molecule has 3 aromatic carbocycles. The predicted octanol–water partition coefficient (Wildman–Crippen LogP) is 5.52. The molecule has 1 saturated heterocycles. The molecule has 0 aliphatic carbocycles. The second-order valence-corrected chi connectivity index (χ2v) is 12.9. The first-order chi connectivity index (χ1) is 18.5. The summed E-state index contributed by atoms with van der Waals surface area (Å²) in [7, 11) is -4.27. The molecule has 206 valence electrons. The Morgan fingerprint density at radius 1 is 1.08 bits per heavy atom. The Morgan fingerprint density at radius 2 is 1.74 bits per heavy atom. The molecule has 11 heteroatoms. The van der Waals surface area contributed by atoms with Crippen LogP contribution in [0.15, 0.2) is 87.0 Å². The molecule has 4 rings (SSSR count). The molecule has 0 amide bonds. The maximum Gasteiger partial charge on any atom is 0.293 e. The summed E-state index contributed by atoms with van der Waals surface area (Å²) in [5.74, 6) is 0.500. The van der Waals surface area contributed by atoms with Crippen molar-refractivity contribution < 1.29 is 13.3 Å². The largest absolute Gasteiger partial charge is 0.383 e. The summed E-state index contributed by atoms with van der Waals surface area (Å²) in [4.78, 5) is 14.2. The van der Waals surface area contributed by atoms with Gasteiger partial charge in [0.15, 0.2) is 0 Å². The van der Waals surface area contributed by atoms with Crippen LogP contribution >= 0.6 is 11.8 Å². The van der Waals surface area contributed by atoms with Gasteiger partial charge in [0.1, 0.15) is 11.5 Å². The minimum atomic E-state index is -4.27. The molecule has 9 nitrogen and oxygen atoms in total. The number of anilines is 2. The van der Waals surface area contributed by atoms with Crippen molar-refractivity contribution in [2.24, 2.45) is 15.5 Å². The van der Waals surface area contributed by atoms with Gasteiger partial charge in [-0.2, -0.15) is 8.42 Å². The third-order valence-electron chi connectivity index (χ3n) is 6.76. The summed E-state index contributed by atoms with van der Waals surface area (Å²) < 4.78 is 29.7. The van der Waals surface area contributed by atoms with Gasteiger partial charge in [-0.25, -0.2) is 0 Å². The first-order valence-electron chi connectivity index (χ1n) is 12.7. The van der Waals surface area contributed by atoms with Crippen molar-refractivity contribution in [3.63, 3.8) is 0 Å². The quantitative estimate of drug-likeness (QED) is 0.0818. The van der Waals surface area contributed by atoms with Gasteiger partial charge in [-0.1, -0.05) is 32.0 Å². The van der Waals surface area contributed by atoms with E-state index < -0.39 is 14.9 Å². The van der Waals surface area contributed by atoms with E-state index in [0.29, 0.717) is 23.3 Å². The van der Waals surface area contributed by atoms with Gasteiger partial charge >= 0.3 is 0 Å². The van der Waals surface area contributed by atoms with Gasteiger partial charge in [-0.15, -0.1) is 16.2 Å². The van der Waals surface area contributed by atoms with Crippen LogP contribution in [0.5, 0.6) is 0 Å². The Bertz CT molecular complexity index is 1430. The highest BCUT2D eigenvalue weighted by Crippen LogP contribution is 2.32. The Balaban J connectivity index is 1.44. The molecule has 0 unspecified atom stereocenters. The van der Waals surface area contributed by atoms with Crippen LogP contribution in [-0.4, -0.2) is 44.6 Å². The van der Waals surface area contributed by atoms with Gasteiger partial charge < -0.3 is 16.0 Å². The smallest absolute Gasteiger partial charge is 0.293 e. The molecule has 0 bridgehead atoms. The third-order valence-corrected chi connectivity index (χ3v) is 9.06. The first-order valence-corrected chi connectivity index (χ1v) is 15.1. The molecule has 0 spiro atoms. The number of hydrogen-bond acceptors (Lipinski definition) is 7. The Morgan fingerprint density at radius 3 is 2.38 bits per heavy atom. The van der Waals surface area contributed by atoms with Crippen LogP contribution in [0.1, 0.15) is 32.3 Å². The highest BCUT2D eigenvalue weighted by atomic mass is 32.2. The van der Waals surface area contributed by atoms with E-state index in [1.165, 1.54) is 12.1 Å². The minimum Gasteiger partial charge on any atom is -0.383 e. The fourth-order valence-electron chi connectivity index (χ4n) is 4.29. The average Bonchev–Trinajstić information content (AvgIpc) is 2.91. The van der Waals surface area contributed by atoms with Crippen molar-refractivity contribution in [1.82, 2.24) is 0 Å². The molecule has 0 saturated carbocycles. The highest BCUT2D eigenvalue weighted by molar-refractivity contribution is 7.99. The summed E-state index contributed by atoms with van der Waals surface area (Å²) in [6, 6.07) is 20.8. The second kappa shape index (κ2) is 12.1. The lowest BCUT2D eigenvalue weighted by atomic mass is 9.82. The topological polar surface area (TPSA) is 131 Å². The number of hydrogen-bond donors (Lipinski definition) is 2. The molecule has 0 radical (unpaired) electrons.